The molecule has 0 unspecified atom stereocenters. The molecular weight excluding hydrogens is 282 g/mol. The second-order valence-corrected chi connectivity index (χ2v) is 6.91. The number of hydrogen-bond acceptors (Lipinski definition) is 4. The van der Waals surface area contributed by atoms with Crippen LogP contribution in [0.1, 0.15) is 18.5 Å². The fourth-order valence-electron chi connectivity index (χ4n) is 1.79. The summed E-state index contributed by atoms with van der Waals surface area (Å²) < 4.78 is 32.5. The third-order valence-corrected chi connectivity index (χ3v) is 5.64. The Morgan fingerprint density at radius 1 is 1.21 bits per heavy atom. The zero-order valence-electron chi connectivity index (χ0n) is 10.7. The highest BCUT2D eigenvalue weighted by Gasteiger charge is 2.20. The molecule has 0 saturated carbocycles. The molecule has 1 aromatic heterocycles. The molecule has 0 aliphatic carbocycles. The van der Waals surface area contributed by atoms with Gasteiger partial charge in [0.05, 0.1) is 7.11 Å². The number of rotatable bonds is 5. The summed E-state index contributed by atoms with van der Waals surface area (Å²) in [5, 5.41) is 1.74. The predicted molar refractivity (Wildman–Crippen MR) is 76.0 cm³/mol. The van der Waals surface area contributed by atoms with E-state index in [1.54, 1.807) is 31.5 Å². The number of methoxy groups -OCH3 is 1. The largest absolute Gasteiger partial charge is 0.496 e. The van der Waals surface area contributed by atoms with Gasteiger partial charge in [-0.1, -0.05) is 24.3 Å². The molecule has 0 bridgehead atoms. The van der Waals surface area contributed by atoms with Crippen LogP contribution in [0, 0.1) is 0 Å². The zero-order chi connectivity index (χ0) is 13.9. The van der Waals surface area contributed by atoms with Crippen molar-refractivity contribution in [2.45, 2.75) is 17.2 Å². The van der Waals surface area contributed by atoms with Gasteiger partial charge in [-0.3, -0.25) is 0 Å². The van der Waals surface area contributed by atoms with Gasteiger partial charge in [0, 0.05) is 11.6 Å². The fraction of sp³-hybridized carbons (Fsp3) is 0.231. The highest BCUT2D eigenvalue weighted by molar-refractivity contribution is 7.91. The van der Waals surface area contributed by atoms with Crippen LogP contribution >= 0.6 is 11.3 Å². The summed E-state index contributed by atoms with van der Waals surface area (Å²) in [7, 11) is -1.91. The van der Waals surface area contributed by atoms with E-state index < -0.39 is 10.0 Å². The molecule has 0 spiro atoms. The molecule has 0 amide bonds. The Kier molecular flexibility index (Phi) is 4.24. The van der Waals surface area contributed by atoms with Crippen molar-refractivity contribution in [2.24, 2.45) is 0 Å². The summed E-state index contributed by atoms with van der Waals surface area (Å²) in [5.41, 5.74) is 0.810. The number of para-hydroxylation sites is 1. The third-order valence-electron chi connectivity index (χ3n) is 2.70. The van der Waals surface area contributed by atoms with E-state index in [0.717, 1.165) is 5.56 Å². The number of hydrogen-bond donors (Lipinski definition) is 1. The molecule has 6 heteroatoms. The van der Waals surface area contributed by atoms with Crippen LogP contribution in [0.2, 0.25) is 0 Å². The molecule has 0 saturated heterocycles. The first-order valence-electron chi connectivity index (χ1n) is 5.73. The number of thiophene rings is 1. The zero-order valence-corrected chi connectivity index (χ0v) is 12.3. The Hall–Kier alpha value is -1.37. The fourth-order valence-corrected chi connectivity index (χ4v) is 4.03. The number of ether oxygens (including phenoxy) is 1. The maximum Gasteiger partial charge on any atom is 0.250 e. The summed E-state index contributed by atoms with van der Waals surface area (Å²) in [6.45, 7) is 1.79. The van der Waals surface area contributed by atoms with Crippen molar-refractivity contribution in [1.82, 2.24) is 4.72 Å². The summed E-state index contributed by atoms with van der Waals surface area (Å²) in [5.74, 6) is 0.670. The molecule has 1 N–H and O–H groups in total. The predicted octanol–water partition coefficient (Wildman–Crippen LogP) is 2.80. The van der Waals surface area contributed by atoms with Crippen molar-refractivity contribution in [3.63, 3.8) is 0 Å². The topological polar surface area (TPSA) is 55.4 Å². The minimum atomic E-state index is -3.48. The van der Waals surface area contributed by atoms with Gasteiger partial charge >= 0.3 is 0 Å². The lowest BCUT2D eigenvalue weighted by molar-refractivity contribution is 0.405. The van der Waals surface area contributed by atoms with E-state index in [0.29, 0.717) is 9.96 Å². The van der Waals surface area contributed by atoms with E-state index in [4.69, 9.17) is 4.74 Å². The monoisotopic (exact) mass is 297 g/mol. The van der Waals surface area contributed by atoms with Crippen LogP contribution in [-0.4, -0.2) is 15.5 Å². The highest BCUT2D eigenvalue weighted by atomic mass is 32.2. The smallest absolute Gasteiger partial charge is 0.250 e. The summed E-state index contributed by atoms with van der Waals surface area (Å²) in [4.78, 5) is 0. The number of sulfonamides is 1. The van der Waals surface area contributed by atoms with Crippen molar-refractivity contribution in [1.29, 1.82) is 0 Å². The van der Waals surface area contributed by atoms with Gasteiger partial charge in [-0.25, -0.2) is 13.1 Å². The van der Waals surface area contributed by atoms with Gasteiger partial charge in [0.2, 0.25) is 0 Å². The van der Waals surface area contributed by atoms with Crippen molar-refractivity contribution >= 4 is 21.4 Å². The minimum absolute atomic E-state index is 0.314. The maximum atomic E-state index is 12.1. The molecule has 0 fully saturated rings. The number of benzene rings is 1. The Morgan fingerprint density at radius 2 is 1.95 bits per heavy atom. The lowest BCUT2D eigenvalue weighted by Crippen LogP contribution is -2.26. The van der Waals surface area contributed by atoms with Crippen LogP contribution < -0.4 is 9.46 Å². The van der Waals surface area contributed by atoms with Crippen LogP contribution in [0.4, 0.5) is 0 Å². The average Bonchev–Trinajstić information content (AvgIpc) is 2.93. The van der Waals surface area contributed by atoms with E-state index in [2.05, 4.69) is 4.72 Å². The Bertz CT molecular complexity index is 636. The van der Waals surface area contributed by atoms with E-state index in [-0.39, 0.29) is 6.04 Å². The van der Waals surface area contributed by atoms with Gasteiger partial charge in [0.15, 0.2) is 0 Å². The molecule has 2 rings (SSSR count). The first kappa shape index (κ1) is 14.0. The van der Waals surface area contributed by atoms with Crippen molar-refractivity contribution in [3.8, 4) is 5.75 Å². The lowest BCUT2D eigenvalue weighted by Gasteiger charge is -2.16. The van der Waals surface area contributed by atoms with Crippen LogP contribution in [0.3, 0.4) is 0 Å². The van der Waals surface area contributed by atoms with Gasteiger partial charge < -0.3 is 4.74 Å². The highest BCUT2D eigenvalue weighted by Crippen LogP contribution is 2.26. The van der Waals surface area contributed by atoms with Crippen LogP contribution in [0.5, 0.6) is 5.75 Å². The van der Waals surface area contributed by atoms with Crippen molar-refractivity contribution < 1.29 is 13.2 Å². The minimum Gasteiger partial charge on any atom is -0.496 e. The van der Waals surface area contributed by atoms with Gasteiger partial charge in [-0.05, 0) is 24.4 Å². The molecule has 1 aromatic carbocycles. The van der Waals surface area contributed by atoms with Gasteiger partial charge in [0.1, 0.15) is 9.96 Å². The molecule has 19 heavy (non-hydrogen) atoms. The average molecular weight is 297 g/mol. The first-order valence-corrected chi connectivity index (χ1v) is 8.09. The second kappa shape index (κ2) is 5.73. The molecule has 4 nitrogen and oxygen atoms in total. The standard InChI is InChI=1S/C13H15NO3S2/c1-10(11-6-3-4-7-12(11)17-2)14-19(15,16)13-8-5-9-18-13/h3-10,14H,1-2H3/t10-/m1/s1. The molecule has 1 heterocycles. The quantitative estimate of drug-likeness (QED) is 0.923. The van der Waals surface area contributed by atoms with E-state index >= 15 is 0 Å². The molecule has 1 atom stereocenters. The second-order valence-electron chi connectivity index (χ2n) is 4.02. The SMILES string of the molecule is COc1ccccc1[C@@H](C)NS(=O)(=O)c1cccs1. The first-order chi connectivity index (χ1) is 9.04. The van der Waals surface area contributed by atoms with Crippen molar-refractivity contribution in [2.75, 3.05) is 7.11 Å². The van der Waals surface area contributed by atoms with E-state index in [9.17, 15) is 8.42 Å². The Labute approximate surface area is 117 Å². The van der Waals surface area contributed by atoms with E-state index in [1.807, 2.05) is 24.3 Å². The van der Waals surface area contributed by atoms with Crippen LogP contribution in [-0.2, 0) is 10.0 Å². The summed E-state index contributed by atoms with van der Waals surface area (Å²) >= 11 is 1.20. The summed E-state index contributed by atoms with van der Waals surface area (Å²) in [6, 6.07) is 10.3. The molecule has 0 radical (unpaired) electrons. The molecule has 102 valence electrons. The molecular formula is C13H15NO3S2. The van der Waals surface area contributed by atoms with Crippen LogP contribution in [0.25, 0.3) is 0 Å². The molecule has 0 aliphatic heterocycles. The molecule has 0 aliphatic rings. The van der Waals surface area contributed by atoms with Gasteiger partial charge in [-0.15, -0.1) is 11.3 Å². The Morgan fingerprint density at radius 3 is 2.58 bits per heavy atom. The van der Waals surface area contributed by atoms with Gasteiger partial charge in [0.25, 0.3) is 10.0 Å². The normalized spacial score (nSPS) is 13.2. The number of nitrogens with one attached hydrogen (secondary N) is 1. The summed E-state index contributed by atoms with van der Waals surface area (Å²) in [6.07, 6.45) is 0. The van der Waals surface area contributed by atoms with Crippen molar-refractivity contribution in [3.05, 3.63) is 47.3 Å². The Balaban J connectivity index is 2.24. The molecule has 2 aromatic rings. The maximum absolute atomic E-state index is 12.1. The third kappa shape index (κ3) is 3.15. The van der Waals surface area contributed by atoms with Crippen LogP contribution in [0.15, 0.2) is 46.0 Å². The van der Waals surface area contributed by atoms with Gasteiger partial charge in [-0.2, -0.15) is 0 Å². The van der Waals surface area contributed by atoms with E-state index in [1.165, 1.54) is 11.3 Å². The lowest BCUT2D eigenvalue weighted by atomic mass is 10.1.